The second-order valence-corrected chi connectivity index (χ2v) is 8.40. The number of hydrogen-bond acceptors (Lipinski definition) is 4. The van der Waals surface area contributed by atoms with Gasteiger partial charge in [0, 0.05) is 21.7 Å². The average Bonchev–Trinajstić information content (AvgIpc) is 2.89. The molecule has 0 unspecified atom stereocenters. The van der Waals surface area contributed by atoms with Crippen molar-refractivity contribution < 1.29 is 14.3 Å². The van der Waals surface area contributed by atoms with Gasteiger partial charge in [-0.25, -0.2) is 9.78 Å². The SMILES string of the molecule is CC(C)(C)OC(=O)N[C@@H]1CC[C@H](C(=O)Nc2cc(I)c(Cl)cn2)C1. The Morgan fingerprint density at radius 3 is 2.71 bits per heavy atom. The first kappa shape index (κ1) is 19.2. The van der Waals surface area contributed by atoms with E-state index in [1.807, 2.05) is 20.8 Å². The summed E-state index contributed by atoms with van der Waals surface area (Å²) < 4.78 is 6.07. The number of rotatable bonds is 3. The summed E-state index contributed by atoms with van der Waals surface area (Å²) in [5.41, 5.74) is -0.531. The van der Waals surface area contributed by atoms with Crippen LogP contribution in [0.3, 0.4) is 0 Å². The van der Waals surface area contributed by atoms with Crippen LogP contribution in [0.2, 0.25) is 5.02 Å². The van der Waals surface area contributed by atoms with Gasteiger partial charge in [0.2, 0.25) is 5.91 Å². The van der Waals surface area contributed by atoms with Gasteiger partial charge in [0.1, 0.15) is 11.4 Å². The van der Waals surface area contributed by atoms with Crippen molar-refractivity contribution in [3.63, 3.8) is 0 Å². The molecule has 24 heavy (non-hydrogen) atoms. The quantitative estimate of drug-likeness (QED) is 0.662. The Bertz CT molecular complexity index is 633. The highest BCUT2D eigenvalue weighted by Gasteiger charge is 2.32. The lowest BCUT2D eigenvalue weighted by molar-refractivity contribution is -0.119. The number of carbonyl (C=O) groups is 2. The van der Waals surface area contributed by atoms with E-state index in [4.69, 9.17) is 16.3 Å². The molecule has 2 atom stereocenters. The summed E-state index contributed by atoms with van der Waals surface area (Å²) in [6.07, 6.45) is 3.14. The number of alkyl carbamates (subject to hydrolysis) is 1. The highest BCUT2D eigenvalue weighted by Crippen LogP contribution is 2.27. The molecule has 2 rings (SSSR count). The summed E-state index contributed by atoms with van der Waals surface area (Å²) in [6.45, 7) is 5.45. The molecule has 1 aromatic heterocycles. The maximum Gasteiger partial charge on any atom is 0.407 e. The maximum atomic E-state index is 12.3. The molecule has 0 spiro atoms. The topological polar surface area (TPSA) is 80.3 Å². The minimum atomic E-state index is -0.531. The second kappa shape index (κ2) is 7.86. The first-order chi connectivity index (χ1) is 11.1. The van der Waals surface area contributed by atoms with E-state index in [9.17, 15) is 9.59 Å². The summed E-state index contributed by atoms with van der Waals surface area (Å²) in [5, 5.41) is 6.18. The lowest BCUT2D eigenvalue weighted by atomic mass is 10.1. The van der Waals surface area contributed by atoms with Gasteiger partial charge in [-0.2, -0.15) is 0 Å². The molecule has 0 saturated heterocycles. The Balaban J connectivity index is 1.85. The smallest absolute Gasteiger partial charge is 0.407 e. The van der Waals surface area contributed by atoms with E-state index in [2.05, 4.69) is 38.2 Å². The summed E-state index contributed by atoms with van der Waals surface area (Å²) >= 11 is 8.01. The predicted octanol–water partition coefficient (Wildman–Crippen LogP) is 3.97. The summed E-state index contributed by atoms with van der Waals surface area (Å²) in [4.78, 5) is 28.2. The van der Waals surface area contributed by atoms with Gasteiger partial charge in [-0.3, -0.25) is 4.79 Å². The fourth-order valence-electron chi connectivity index (χ4n) is 2.54. The molecule has 0 aromatic carbocycles. The van der Waals surface area contributed by atoms with Gasteiger partial charge in [-0.15, -0.1) is 0 Å². The number of nitrogens with one attached hydrogen (secondary N) is 2. The number of ether oxygens (including phenoxy) is 1. The van der Waals surface area contributed by atoms with Crippen molar-refractivity contribution in [1.82, 2.24) is 10.3 Å². The molecule has 1 aliphatic carbocycles. The molecular weight excluding hydrogens is 445 g/mol. The van der Waals surface area contributed by atoms with Crippen molar-refractivity contribution in [3.05, 3.63) is 20.9 Å². The van der Waals surface area contributed by atoms with Gasteiger partial charge in [0.15, 0.2) is 0 Å². The maximum absolute atomic E-state index is 12.3. The Morgan fingerprint density at radius 2 is 2.08 bits per heavy atom. The number of hydrogen-bond donors (Lipinski definition) is 2. The third-order valence-electron chi connectivity index (χ3n) is 3.58. The van der Waals surface area contributed by atoms with E-state index in [0.717, 1.165) is 16.4 Å². The fourth-order valence-corrected chi connectivity index (χ4v) is 3.07. The zero-order chi connectivity index (χ0) is 17.9. The number of nitrogens with zero attached hydrogens (tertiary/aromatic N) is 1. The van der Waals surface area contributed by atoms with Gasteiger partial charge >= 0.3 is 6.09 Å². The normalized spacial score (nSPS) is 20.5. The fraction of sp³-hybridized carbons (Fsp3) is 0.562. The van der Waals surface area contributed by atoms with Crippen molar-refractivity contribution in [2.75, 3.05) is 5.32 Å². The van der Waals surface area contributed by atoms with Crippen LogP contribution >= 0.6 is 34.2 Å². The largest absolute Gasteiger partial charge is 0.444 e. The Hall–Kier alpha value is -1.09. The van der Waals surface area contributed by atoms with Gasteiger partial charge in [-0.05, 0) is 68.7 Å². The zero-order valence-corrected chi connectivity index (χ0v) is 16.8. The van der Waals surface area contributed by atoms with Crippen LogP contribution in [0, 0.1) is 9.49 Å². The van der Waals surface area contributed by atoms with Crippen LogP contribution in [0.15, 0.2) is 12.3 Å². The van der Waals surface area contributed by atoms with E-state index in [-0.39, 0.29) is 17.9 Å². The molecule has 2 N–H and O–H groups in total. The molecule has 0 bridgehead atoms. The number of carbonyl (C=O) groups excluding carboxylic acids is 2. The van der Waals surface area contributed by atoms with E-state index < -0.39 is 11.7 Å². The average molecular weight is 466 g/mol. The standard InChI is InChI=1S/C16H21ClIN3O3/c1-16(2,3)24-15(23)20-10-5-4-9(6-10)14(22)21-13-7-12(18)11(17)8-19-13/h7-10H,4-6H2,1-3H3,(H,20,23)(H,19,21,22)/t9-,10+/m0/s1. The van der Waals surface area contributed by atoms with E-state index in [0.29, 0.717) is 17.3 Å². The van der Waals surface area contributed by atoms with Crippen LogP contribution in [0.4, 0.5) is 10.6 Å². The minimum Gasteiger partial charge on any atom is -0.444 e. The zero-order valence-electron chi connectivity index (χ0n) is 13.9. The molecule has 0 radical (unpaired) electrons. The van der Waals surface area contributed by atoms with Crippen LogP contribution in [0.1, 0.15) is 40.0 Å². The molecule has 0 aliphatic heterocycles. The van der Waals surface area contributed by atoms with Crippen molar-refractivity contribution in [2.24, 2.45) is 5.92 Å². The van der Waals surface area contributed by atoms with Gasteiger partial charge in [-0.1, -0.05) is 11.6 Å². The highest BCUT2D eigenvalue weighted by molar-refractivity contribution is 14.1. The second-order valence-electron chi connectivity index (χ2n) is 6.83. The third-order valence-corrected chi connectivity index (χ3v) is 5.10. The molecule has 1 saturated carbocycles. The van der Waals surface area contributed by atoms with Gasteiger partial charge in [0.25, 0.3) is 0 Å². The minimum absolute atomic E-state index is 0.0473. The van der Waals surface area contributed by atoms with Crippen molar-refractivity contribution in [2.45, 2.75) is 51.7 Å². The molecular formula is C16H21ClIN3O3. The number of amides is 2. The van der Waals surface area contributed by atoms with Crippen LogP contribution in [0.5, 0.6) is 0 Å². The van der Waals surface area contributed by atoms with Gasteiger partial charge in [0.05, 0.1) is 5.02 Å². The Kier molecular flexibility index (Phi) is 6.30. The van der Waals surface area contributed by atoms with E-state index in [1.165, 1.54) is 6.20 Å². The summed E-state index contributed by atoms with van der Waals surface area (Å²) in [5.74, 6) is 0.242. The van der Waals surface area contributed by atoms with Crippen LogP contribution in [-0.2, 0) is 9.53 Å². The summed E-state index contributed by atoms with van der Waals surface area (Å²) in [7, 11) is 0. The van der Waals surface area contributed by atoms with E-state index in [1.54, 1.807) is 6.07 Å². The van der Waals surface area contributed by atoms with Crippen LogP contribution < -0.4 is 10.6 Å². The molecule has 6 nitrogen and oxygen atoms in total. The predicted molar refractivity (Wildman–Crippen MR) is 101 cm³/mol. The molecule has 1 aliphatic rings. The number of pyridine rings is 1. The third kappa shape index (κ3) is 5.77. The van der Waals surface area contributed by atoms with Crippen LogP contribution in [0.25, 0.3) is 0 Å². The first-order valence-corrected chi connectivity index (χ1v) is 9.21. The monoisotopic (exact) mass is 465 g/mol. The van der Waals surface area contributed by atoms with Gasteiger partial charge < -0.3 is 15.4 Å². The van der Waals surface area contributed by atoms with Crippen molar-refractivity contribution in [1.29, 1.82) is 0 Å². The summed E-state index contributed by atoms with van der Waals surface area (Å²) in [6, 6.07) is 1.68. The number of halogens is 2. The molecule has 2 amide bonds. The first-order valence-electron chi connectivity index (χ1n) is 7.75. The molecule has 1 fully saturated rings. The lowest BCUT2D eigenvalue weighted by Gasteiger charge is -2.21. The number of anilines is 1. The lowest BCUT2D eigenvalue weighted by Crippen LogP contribution is -2.38. The highest BCUT2D eigenvalue weighted by atomic mass is 127. The Morgan fingerprint density at radius 1 is 1.38 bits per heavy atom. The molecule has 132 valence electrons. The van der Waals surface area contributed by atoms with Crippen LogP contribution in [-0.4, -0.2) is 28.6 Å². The molecule has 8 heteroatoms. The molecule has 1 heterocycles. The van der Waals surface area contributed by atoms with E-state index >= 15 is 0 Å². The van der Waals surface area contributed by atoms with Crippen molar-refractivity contribution >= 4 is 52.0 Å². The number of aromatic nitrogens is 1. The Labute approximate surface area is 160 Å². The van der Waals surface area contributed by atoms with Crippen molar-refractivity contribution in [3.8, 4) is 0 Å². The molecule has 1 aromatic rings.